The molecule has 1 heterocycles. The second-order valence-electron chi connectivity index (χ2n) is 2.83. The van der Waals surface area contributed by atoms with Gasteiger partial charge >= 0.3 is 0 Å². The number of phenolic OH excluding ortho intramolecular Hbond substituents is 1. The number of carbonyl (C=O) groups is 1. The Morgan fingerprint density at radius 3 is 2.93 bits per heavy atom. The van der Waals surface area contributed by atoms with Crippen LogP contribution in [-0.2, 0) is 0 Å². The molecule has 1 aromatic heterocycles. The molecule has 2 rings (SSSR count). The number of rotatable bonds is 2. The molecular weight excluding hydrogens is 216 g/mol. The van der Waals surface area contributed by atoms with Gasteiger partial charge in [0.15, 0.2) is 6.29 Å². The van der Waals surface area contributed by atoms with Crippen molar-refractivity contribution < 1.29 is 9.90 Å². The Bertz CT molecular complexity index is 488. The maximum atomic E-state index is 10.6. The van der Waals surface area contributed by atoms with E-state index < -0.39 is 0 Å². The van der Waals surface area contributed by atoms with Gasteiger partial charge in [-0.3, -0.25) is 4.79 Å². The van der Waals surface area contributed by atoms with Crippen LogP contribution in [0.15, 0.2) is 22.4 Å². The maximum absolute atomic E-state index is 10.6. The first-order valence-electron chi connectivity index (χ1n) is 3.99. The molecule has 0 aliphatic carbocycles. The number of phenols is 1. The van der Waals surface area contributed by atoms with Crippen LogP contribution in [-0.4, -0.2) is 17.6 Å². The molecule has 2 nitrogen and oxygen atoms in total. The Labute approximate surface area is 89.6 Å². The first-order valence-corrected chi connectivity index (χ1v) is 6.10. The quantitative estimate of drug-likeness (QED) is 0.629. The van der Waals surface area contributed by atoms with Crippen LogP contribution in [0.5, 0.6) is 5.75 Å². The number of benzene rings is 1. The molecule has 1 aromatic carbocycles. The van der Waals surface area contributed by atoms with Gasteiger partial charge < -0.3 is 5.11 Å². The largest absolute Gasteiger partial charge is 0.507 e. The van der Waals surface area contributed by atoms with E-state index >= 15 is 0 Å². The van der Waals surface area contributed by atoms with E-state index in [2.05, 4.69) is 0 Å². The van der Waals surface area contributed by atoms with Gasteiger partial charge in [0.2, 0.25) is 0 Å². The number of thioether (sulfide) groups is 1. The molecule has 0 atom stereocenters. The third-order valence-electron chi connectivity index (χ3n) is 2.03. The Hall–Kier alpha value is -1.00. The topological polar surface area (TPSA) is 37.3 Å². The van der Waals surface area contributed by atoms with Gasteiger partial charge in [-0.1, -0.05) is 0 Å². The molecule has 2 aromatic rings. The Morgan fingerprint density at radius 1 is 1.50 bits per heavy atom. The predicted octanol–water partition coefficient (Wildman–Crippen LogP) is 3.14. The van der Waals surface area contributed by atoms with E-state index in [1.54, 1.807) is 35.2 Å². The molecule has 72 valence electrons. The highest BCUT2D eigenvalue weighted by atomic mass is 32.2. The normalized spacial score (nSPS) is 10.6. The van der Waals surface area contributed by atoms with E-state index in [-0.39, 0.29) is 5.75 Å². The monoisotopic (exact) mass is 224 g/mol. The van der Waals surface area contributed by atoms with Crippen molar-refractivity contribution in [3.05, 3.63) is 23.1 Å². The smallest absolute Gasteiger partial charge is 0.153 e. The molecule has 0 fully saturated rings. The van der Waals surface area contributed by atoms with Crippen molar-refractivity contribution in [2.45, 2.75) is 4.90 Å². The summed E-state index contributed by atoms with van der Waals surface area (Å²) >= 11 is 3.22. The summed E-state index contributed by atoms with van der Waals surface area (Å²) in [6, 6.07) is 3.38. The minimum absolute atomic E-state index is 0.0567. The lowest BCUT2D eigenvalue weighted by Gasteiger charge is -1.98. The van der Waals surface area contributed by atoms with Crippen LogP contribution in [0.1, 0.15) is 10.4 Å². The molecular formula is C10H8O2S2. The van der Waals surface area contributed by atoms with Crippen LogP contribution in [0.4, 0.5) is 0 Å². The first-order chi connectivity index (χ1) is 6.76. The van der Waals surface area contributed by atoms with Crippen molar-refractivity contribution in [2.75, 3.05) is 6.26 Å². The molecule has 0 aliphatic rings. The summed E-state index contributed by atoms with van der Waals surface area (Å²) in [4.78, 5) is 11.7. The second-order valence-corrected chi connectivity index (χ2v) is 4.59. The van der Waals surface area contributed by atoms with Gasteiger partial charge in [0, 0.05) is 20.4 Å². The van der Waals surface area contributed by atoms with Gasteiger partial charge in [-0.15, -0.1) is 23.1 Å². The van der Waals surface area contributed by atoms with Crippen LogP contribution in [0.3, 0.4) is 0 Å². The fourth-order valence-corrected chi connectivity index (χ4v) is 3.14. The summed E-state index contributed by atoms with van der Waals surface area (Å²) in [5.74, 6) is 0.0567. The highest BCUT2D eigenvalue weighted by Crippen LogP contribution is 2.35. The summed E-state index contributed by atoms with van der Waals surface area (Å²) in [7, 11) is 0. The fraction of sp³-hybridized carbons (Fsp3) is 0.100. The Kier molecular flexibility index (Phi) is 2.48. The summed E-state index contributed by atoms with van der Waals surface area (Å²) in [6.45, 7) is 0. The molecule has 1 N–H and O–H groups in total. The average Bonchev–Trinajstić information content (AvgIpc) is 2.58. The van der Waals surface area contributed by atoms with Crippen LogP contribution < -0.4 is 0 Å². The molecule has 0 amide bonds. The second kappa shape index (κ2) is 3.63. The van der Waals surface area contributed by atoms with Gasteiger partial charge in [-0.2, -0.15) is 0 Å². The van der Waals surface area contributed by atoms with E-state index in [1.807, 2.05) is 11.6 Å². The van der Waals surface area contributed by atoms with E-state index in [0.717, 1.165) is 15.0 Å². The zero-order valence-electron chi connectivity index (χ0n) is 7.48. The lowest BCUT2D eigenvalue weighted by Crippen LogP contribution is -1.80. The van der Waals surface area contributed by atoms with Crippen molar-refractivity contribution in [3.63, 3.8) is 0 Å². The van der Waals surface area contributed by atoms with Gasteiger partial charge in [0.25, 0.3) is 0 Å². The summed E-state index contributed by atoms with van der Waals surface area (Å²) in [6.07, 6.45) is 2.67. The third-order valence-corrected chi connectivity index (χ3v) is 3.91. The summed E-state index contributed by atoms with van der Waals surface area (Å²) < 4.78 is 1.04. The zero-order valence-corrected chi connectivity index (χ0v) is 9.11. The number of fused-ring (bicyclic) bond motifs is 1. The molecule has 0 bridgehead atoms. The number of hydrogen-bond donors (Lipinski definition) is 1. The Balaban J connectivity index is 2.75. The number of carbonyl (C=O) groups excluding carboxylic acids is 1. The van der Waals surface area contributed by atoms with Crippen LogP contribution in [0.25, 0.3) is 10.1 Å². The van der Waals surface area contributed by atoms with Crippen molar-refractivity contribution in [1.29, 1.82) is 0 Å². The minimum Gasteiger partial charge on any atom is -0.507 e. The van der Waals surface area contributed by atoms with Gasteiger partial charge in [-0.05, 0) is 18.4 Å². The van der Waals surface area contributed by atoms with E-state index in [0.29, 0.717) is 11.8 Å². The van der Waals surface area contributed by atoms with E-state index in [1.165, 1.54) is 0 Å². The standard InChI is InChI=1S/C10H8O2S2/c1-13-10-5-14-9-2-6(4-11)8(12)3-7(9)10/h2-5,12H,1H3. The average molecular weight is 224 g/mol. The van der Waals surface area contributed by atoms with Crippen molar-refractivity contribution in [1.82, 2.24) is 0 Å². The van der Waals surface area contributed by atoms with Crippen molar-refractivity contribution >= 4 is 39.5 Å². The SMILES string of the molecule is CSc1csc2cc(C=O)c(O)cc12. The molecule has 0 saturated heterocycles. The number of hydrogen-bond acceptors (Lipinski definition) is 4. The minimum atomic E-state index is 0.0567. The highest BCUT2D eigenvalue weighted by molar-refractivity contribution is 7.99. The molecule has 14 heavy (non-hydrogen) atoms. The van der Waals surface area contributed by atoms with Crippen molar-refractivity contribution in [2.24, 2.45) is 0 Å². The van der Waals surface area contributed by atoms with Crippen molar-refractivity contribution in [3.8, 4) is 5.75 Å². The lowest BCUT2D eigenvalue weighted by molar-refractivity contribution is 0.112. The number of aldehydes is 1. The zero-order chi connectivity index (χ0) is 10.1. The van der Waals surface area contributed by atoms with Crippen LogP contribution >= 0.6 is 23.1 Å². The molecule has 0 radical (unpaired) electrons. The third kappa shape index (κ3) is 1.40. The summed E-state index contributed by atoms with van der Waals surface area (Å²) in [5, 5.41) is 12.6. The molecule has 0 spiro atoms. The maximum Gasteiger partial charge on any atom is 0.153 e. The van der Waals surface area contributed by atoms with Gasteiger partial charge in [-0.25, -0.2) is 0 Å². The molecule has 0 unspecified atom stereocenters. The van der Waals surface area contributed by atoms with E-state index in [4.69, 9.17) is 0 Å². The molecule has 0 aliphatic heterocycles. The Morgan fingerprint density at radius 2 is 2.29 bits per heavy atom. The molecule has 4 heteroatoms. The number of thiophene rings is 1. The van der Waals surface area contributed by atoms with Crippen LogP contribution in [0, 0.1) is 0 Å². The summed E-state index contributed by atoms with van der Waals surface area (Å²) in [5.41, 5.74) is 0.354. The molecule has 0 saturated carbocycles. The van der Waals surface area contributed by atoms with E-state index in [9.17, 15) is 9.90 Å². The van der Waals surface area contributed by atoms with Crippen LogP contribution in [0.2, 0.25) is 0 Å². The fourth-order valence-electron chi connectivity index (χ4n) is 1.31. The lowest BCUT2D eigenvalue weighted by atomic mass is 10.2. The van der Waals surface area contributed by atoms with Gasteiger partial charge in [0.05, 0.1) is 5.56 Å². The van der Waals surface area contributed by atoms with Gasteiger partial charge in [0.1, 0.15) is 5.75 Å². The first kappa shape index (κ1) is 9.55. The predicted molar refractivity (Wildman–Crippen MR) is 60.7 cm³/mol. The number of aromatic hydroxyl groups is 1. The highest BCUT2D eigenvalue weighted by Gasteiger charge is 2.07.